The first-order chi connectivity index (χ1) is 15.7. The topological polar surface area (TPSA) is 78.9 Å². The van der Waals surface area contributed by atoms with Crippen LogP contribution in [0.15, 0.2) is 48.5 Å². The summed E-state index contributed by atoms with van der Waals surface area (Å²) in [4.78, 5) is 26.0. The van der Waals surface area contributed by atoms with Gasteiger partial charge in [-0.3, -0.25) is 9.59 Å². The molecule has 1 heterocycles. The van der Waals surface area contributed by atoms with Gasteiger partial charge in [-0.1, -0.05) is 30.7 Å². The molecule has 2 aromatic rings. The first-order valence-electron chi connectivity index (χ1n) is 10.8. The Morgan fingerprint density at radius 3 is 2.36 bits per heavy atom. The Morgan fingerprint density at radius 1 is 1.12 bits per heavy atom. The second-order valence-corrected chi connectivity index (χ2v) is 8.48. The first-order valence-corrected chi connectivity index (χ1v) is 10.8. The van der Waals surface area contributed by atoms with Gasteiger partial charge in [0, 0.05) is 18.2 Å². The number of aliphatic hydroxyl groups is 1. The summed E-state index contributed by atoms with van der Waals surface area (Å²) in [5.41, 5.74) is 0.919. The van der Waals surface area contributed by atoms with Crippen molar-refractivity contribution in [3.8, 4) is 0 Å². The molecule has 0 radical (unpaired) electrons. The van der Waals surface area contributed by atoms with Gasteiger partial charge in [0.15, 0.2) is 0 Å². The number of carbonyl (C=O) groups is 2. The fourth-order valence-corrected chi connectivity index (χ4v) is 3.99. The van der Waals surface area contributed by atoms with Gasteiger partial charge in [0.2, 0.25) is 11.8 Å². The number of aliphatic hydroxyl groups excluding tert-OH is 1. The molecule has 4 rings (SSSR count). The van der Waals surface area contributed by atoms with Gasteiger partial charge >= 0.3 is 6.18 Å². The van der Waals surface area contributed by atoms with E-state index < -0.39 is 23.9 Å². The van der Waals surface area contributed by atoms with E-state index in [2.05, 4.69) is 5.32 Å². The molecule has 33 heavy (non-hydrogen) atoms. The third-order valence-electron chi connectivity index (χ3n) is 6.23. The second-order valence-electron chi connectivity index (χ2n) is 8.48. The number of nitrogens with zero attached hydrogens (tertiary/aromatic N) is 1. The molecular weight excluding hydrogens is 437 g/mol. The zero-order valence-electron chi connectivity index (χ0n) is 17.8. The average Bonchev–Trinajstić information content (AvgIpc) is 2.74. The van der Waals surface area contributed by atoms with E-state index in [0.29, 0.717) is 16.8 Å². The first kappa shape index (κ1) is 23.3. The molecular formula is C24H25F3N2O4. The van der Waals surface area contributed by atoms with E-state index in [9.17, 15) is 27.9 Å². The number of nitrogens with one attached hydrogen (secondary N) is 1. The zero-order chi connectivity index (χ0) is 23.6. The van der Waals surface area contributed by atoms with Crippen molar-refractivity contribution in [2.75, 3.05) is 18.5 Å². The number of hydrogen-bond acceptors (Lipinski definition) is 4. The highest BCUT2D eigenvalue weighted by atomic mass is 19.4. The molecule has 1 aliphatic carbocycles. The highest BCUT2D eigenvalue weighted by molar-refractivity contribution is 5.93. The van der Waals surface area contributed by atoms with Crippen molar-refractivity contribution in [2.24, 2.45) is 5.92 Å². The quantitative estimate of drug-likeness (QED) is 0.683. The van der Waals surface area contributed by atoms with Crippen molar-refractivity contribution >= 4 is 17.5 Å². The molecule has 0 spiro atoms. The number of carbonyl (C=O) groups excluding carboxylic acids is 2. The van der Waals surface area contributed by atoms with Crippen LogP contribution < -0.4 is 5.32 Å². The predicted molar refractivity (Wildman–Crippen MR) is 114 cm³/mol. The van der Waals surface area contributed by atoms with Crippen molar-refractivity contribution < 1.29 is 32.6 Å². The number of morpholine rings is 1. The average molecular weight is 462 g/mol. The van der Waals surface area contributed by atoms with E-state index in [-0.39, 0.29) is 37.5 Å². The van der Waals surface area contributed by atoms with E-state index in [1.54, 1.807) is 24.3 Å². The Morgan fingerprint density at radius 2 is 1.79 bits per heavy atom. The monoisotopic (exact) mass is 462 g/mol. The van der Waals surface area contributed by atoms with Crippen LogP contribution in [0, 0.1) is 5.92 Å². The third kappa shape index (κ3) is 5.36. The zero-order valence-corrected chi connectivity index (χ0v) is 17.8. The molecule has 2 aliphatic rings. The van der Waals surface area contributed by atoms with Gasteiger partial charge in [0.25, 0.3) is 0 Å². The van der Waals surface area contributed by atoms with E-state index in [0.717, 1.165) is 31.4 Å². The number of ether oxygens (including phenoxy) is 1. The van der Waals surface area contributed by atoms with Gasteiger partial charge in [-0.25, -0.2) is 0 Å². The summed E-state index contributed by atoms with van der Waals surface area (Å²) in [6, 6.07) is 10.6. The standard InChI is InChI=1S/C24H25F3N2O4/c25-24(26,27)18-8-4-15(5-9-18)12-29-20(13-33-14-21(29)30)22(31)16-6-10-19(11-7-16)28-23(32)17-2-1-3-17/h4-11,17,20,22,31H,1-3,12-14H2,(H,28,32). The van der Waals surface area contributed by atoms with Gasteiger partial charge in [-0.2, -0.15) is 13.2 Å². The molecule has 2 unspecified atom stereocenters. The molecule has 2 aromatic carbocycles. The van der Waals surface area contributed by atoms with Gasteiger partial charge in [0.1, 0.15) is 12.7 Å². The lowest BCUT2D eigenvalue weighted by molar-refractivity contribution is -0.155. The number of hydrogen-bond donors (Lipinski definition) is 2. The minimum Gasteiger partial charge on any atom is -0.386 e. The molecule has 1 aliphatic heterocycles. The molecule has 0 bridgehead atoms. The maximum absolute atomic E-state index is 12.8. The van der Waals surface area contributed by atoms with Gasteiger partial charge in [-0.05, 0) is 48.2 Å². The fraction of sp³-hybridized carbons (Fsp3) is 0.417. The number of amides is 2. The summed E-state index contributed by atoms with van der Waals surface area (Å²) in [6.45, 7) is -0.0126. The number of rotatable bonds is 6. The van der Waals surface area contributed by atoms with Crippen LogP contribution in [0.3, 0.4) is 0 Å². The lowest BCUT2D eigenvalue weighted by atomic mass is 9.85. The van der Waals surface area contributed by atoms with Gasteiger partial charge in [0.05, 0.1) is 18.2 Å². The highest BCUT2D eigenvalue weighted by Crippen LogP contribution is 2.31. The molecule has 176 valence electrons. The molecule has 2 N–H and O–H groups in total. The molecule has 9 heteroatoms. The Bertz CT molecular complexity index is 988. The van der Waals surface area contributed by atoms with E-state index in [4.69, 9.17) is 4.74 Å². The van der Waals surface area contributed by atoms with E-state index in [1.807, 2.05) is 0 Å². The summed E-state index contributed by atoms with van der Waals surface area (Å²) in [5.74, 6) is -0.308. The number of alkyl halides is 3. The molecule has 1 saturated carbocycles. The van der Waals surface area contributed by atoms with Crippen LogP contribution in [0.1, 0.15) is 42.1 Å². The summed E-state index contributed by atoms with van der Waals surface area (Å²) in [5, 5.41) is 13.8. The number of anilines is 1. The normalized spacial score (nSPS) is 20.3. The maximum atomic E-state index is 12.8. The van der Waals surface area contributed by atoms with Crippen LogP contribution in [0.25, 0.3) is 0 Å². The van der Waals surface area contributed by atoms with E-state index in [1.165, 1.54) is 17.0 Å². The number of halogens is 3. The Labute approximate surface area is 189 Å². The van der Waals surface area contributed by atoms with Crippen LogP contribution in [-0.2, 0) is 27.0 Å². The minimum atomic E-state index is -4.43. The molecule has 2 amide bonds. The maximum Gasteiger partial charge on any atom is 0.416 e. The minimum absolute atomic E-state index is 0.0106. The van der Waals surface area contributed by atoms with Crippen molar-refractivity contribution in [2.45, 2.75) is 44.1 Å². The Balaban J connectivity index is 1.45. The van der Waals surface area contributed by atoms with Crippen LogP contribution in [0.4, 0.5) is 18.9 Å². The van der Waals surface area contributed by atoms with Crippen LogP contribution >= 0.6 is 0 Å². The molecule has 6 nitrogen and oxygen atoms in total. The smallest absolute Gasteiger partial charge is 0.386 e. The second kappa shape index (κ2) is 9.52. The summed E-state index contributed by atoms with van der Waals surface area (Å²) in [6.07, 6.45) is -2.65. The molecule has 2 fully saturated rings. The van der Waals surface area contributed by atoms with E-state index >= 15 is 0 Å². The lowest BCUT2D eigenvalue weighted by Crippen LogP contribution is -2.51. The largest absolute Gasteiger partial charge is 0.416 e. The van der Waals surface area contributed by atoms with Crippen molar-refractivity contribution in [1.29, 1.82) is 0 Å². The van der Waals surface area contributed by atoms with Crippen molar-refractivity contribution in [3.63, 3.8) is 0 Å². The fourth-order valence-electron chi connectivity index (χ4n) is 3.99. The Hall–Kier alpha value is -2.91. The van der Waals surface area contributed by atoms with Gasteiger partial charge in [-0.15, -0.1) is 0 Å². The molecule has 0 aromatic heterocycles. The molecule has 1 saturated heterocycles. The van der Waals surface area contributed by atoms with Crippen molar-refractivity contribution in [3.05, 3.63) is 65.2 Å². The summed E-state index contributed by atoms with van der Waals surface area (Å²) >= 11 is 0. The summed E-state index contributed by atoms with van der Waals surface area (Å²) < 4.78 is 43.8. The van der Waals surface area contributed by atoms with Crippen molar-refractivity contribution in [1.82, 2.24) is 4.90 Å². The third-order valence-corrected chi connectivity index (χ3v) is 6.23. The SMILES string of the molecule is O=C(Nc1ccc(C(O)C2COCC(=O)N2Cc2ccc(C(F)(F)F)cc2)cc1)C1CCC1. The predicted octanol–water partition coefficient (Wildman–Crippen LogP) is 3.91. The van der Waals surface area contributed by atoms with Crippen LogP contribution in [-0.4, -0.2) is 41.1 Å². The highest BCUT2D eigenvalue weighted by Gasteiger charge is 2.35. The number of benzene rings is 2. The van der Waals surface area contributed by atoms with Crippen LogP contribution in [0.2, 0.25) is 0 Å². The summed E-state index contributed by atoms with van der Waals surface area (Å²) in [7, 11) is 0. The van der Waals surface area contributed by atoms with Crippen LogP contribution in [0.5, 0.6) is 0 Å². The van der Waals surface area contributed by atoms with Gasteiger partial charge < -0.3 is 20.1 Å². The lowest BCUT2D eigenvalue weighted by Gasteiger charge is -2.38. The Kier molecular flexibility index (Phi) is 6.71. The molecule has 2 atom stereocenters.